The van der Waals surface area contributed by atoms with Crippen molar-refractivity contribution in [3.05, 3.63) is 18.0 Å². The molecule has 0 aliphatic carbocycles. The fourth-order valence-electron chi connectivity index (χ4n) is 3.71. The number of aryl methyl sites for hydroxylation is 1. The summed E-state index contributed by atoms with van der Waals surface area (Å²) in [5.74, 6) is 0. The van der Waals surface area contributed by atoms with Gasteiger partial charge in [-0.15, -0.1) is 24.8 Å². The summed E-state index contributed by atoms with van der Waals surface area (Å²) in [4.78, 5) is 2.62. The first-order chi connectivity index (χ1) is 9.27. The Hall–Kier alpha value is -0.290. The van der Waals surface area contributed by atoms with E-state index in [9.17, 15) is 0 Å². The second kappa shape index (κ2) is 8.37. The van der Waals surface area contributed by atoms with Gasteiger partial charge in [0.25, 0.3) is 0 Å². The van der Waals surface area contributed by atoms with Crippen LogP contribution in [0.2, 0.25) is 0 Å². The quantitative estimate of drug-likeness (QED) is 0.902. The van der Waals surface area contributed by atoms with Crippen LogP contribution in [0, 0.1) is 5.41 Å². The van der Waals surface area contributed by atoms with Crippen molar-refractivity contribution < 1.29 is 0 Å². The van der Waals surface area contributed by atoms with Gasteiger partial charge in [-0.1, -0.05) is 0 Å². The molecule has 0 atom stereocenters. The van der Waals surface area contributed by atoms with E-state index >= 15 is 0 Å². The fourth-order valence-corrected chi connectivity index (χ4v) is 3.71. The van der Waals surface area contributed by atoms with E-state index in [-0.39, 0.29) is 24.8 Å². The van der Waals surface area contributed by atoms with Crippen molar-refractivity contribution >= 4 is 24.8 Å². The molecule has 3 heterocycles. The second-order valence-electron chi connectivity index (χ2n) is 6.33. The van der Waals surface area contributed by atoms with Gasteiger partial charge < -0.3 is 5.32 Å². The molecule has 0 aromatic carbocycles. The fraction of sp³-hybridized carbons (Fsp3) is 0.800. The molecule has 4 nitrogen and oxygen atoms in total. The molecule has 2 aliphatic heterocycles. The second-order valence-corrected chi connectivity index (χ2v) is 6.33. The van der Waals surface area contributed by atoms with Gasteiger partial charge in [-0.05, 0) is 69.8 Å². The number of nitrogens with zero attached hydrogens (tertiary/aromatic N) is 3. The Labute approximate surface area is 140 Å². The van der Waals surface area contributed by atoms with Gasteiger partial charge in [0.2, 0.25) is 0 Å². The lowest BCUT2D eigenvalue weighted by Gasteiger charge is -2.37. The largest absolute Gasteiger partial charge is 0.317 e. The molecule has 0 amide bonds. The maximum absolute atomic E-state index is 4.27. The van der Waals surface area contributed by atoms with Gasteiger partial charge in [0.15, 0.2) is 0 Å². The third-order valence-electron chi connectivity index (χ3n) is 5.11. The lowest BCUT2D eigenvalue weighted by molar-refractivity contribution is 0.166. The van der Waals surface area contributed by atoms with Crippen LogP contribution in [0.15, 0.2) is 12.3 Å². The van der Waals surface area contributed by atoms with Crippen LogP contribution in [0.5, 0.6) is 0 Å². The highest BCUT2D eigenvalue weighted by molar-refractivity contribution is 5.85. The van der Waals surface area contributed by atoms with Crippen LogP contribution in [-0.2, 0) is 13.6 Å². The minimum Gasteiger partial charge on any atom is -0.317 e. The van der Waals surface area contributed by atoms with Crippen LogP contribution < -0.4 is 5.32 Å². The summed E-state index contributed by atoms with van der Waals surface area (Å²) in [6.07, 6.45) is 8.83. The van der Waals surface area contributed by atoms with Crippen molar-refractivity contribution in [2.45, 2.75) is 38.6 Å². The maximum Gasteiger partial charge on any atom is 0.0521 e. The zero-order valence-corrected chi connectivity index (χ0v) is 14.5. The van der Waals surface area contributed by atoms with Crippen molar-refractivity contribution in [3.63, 3.8) is 0 Å². The Bertz CT molecular complexity index is 416. The third-order valence-corrected chi connectivity index (χ3v) is 5.11. The number of hydrogen-bond donors (Lipinski definition) is 1. The molecule has 21 heavy (non-hydrogen) atoms. The normalized spacial score (nSPS) is 22.1. The Morgan fingerprint density at radius 1 is 1.14 bits per heavy atom. The SMILES string of the molecule is Cl.Cl.Cn1nccc1CN1CCCC2(CCNCC2)CC1. The first kappa shape index (κ1) is 18.8. The molecule has 1 aromatic rings. The summed E-state index contributed by atoms with van der Waals surface area (Å²) in [7, 11) is 2.04. The molecule has 0 unspecified atom stereocenters. The zero-order chi connectivity index (χ0) is 13.1. The molecule has 2 fully saturated rings. The molecule has 6 heteroatoms. The molecule has 1 N–H and O–H groups in total. The summed E-state index contributed by atoms with van der Waals surface area (Å²) in [6, 6.07) is 2.14. The van der Waals surface area contributed by atoms with Gasteiger partial charge in [0.05, 0.1) is 5.69 Å². The minimum absolute atomic E-state index is 0. The highest BCUT2D eigenvalue weighted by Crippen LogP contribution is 2.39. The number of hydrogen-bond acceptors (Lipinski definition) is 3. The van der Waals surface area contributed by atoms with E-state index in [4.69, 9.17) is 0 Å². The highest BCUT2D eigenvalue weighted by atomic mass is 35.5. The Morgan fingerprint density at radius 2 is 1.90 bits per heavy atom. The molecule has 1 spiro atoms. The van der Waals surface area contributed by atoms with Crippen molar-refractivity contribution in [2.75, 3.05) is 26.2 Å². The van der Waals surface area contributed by atoms with E-state index in [0.29, 0.717) is 5.41 Å². The molecule has 2 aliphatic rings. The lowest BCUT2D eigenvalue weighted by Crippen LogP contribution is -2.37. The molecule has 3 rings (SSSR count). The van der Waals surface area contributed by atoms with E-state index in [2.05, 4.69) is 21.4 Å². The van der Waals surface area contributed by atoms with E-state index in [1.165, 1.54) is 64.0 Å². The van der Waals surface area contributed by atoms with Gasteiger partial charge in [-0.25, -0.2) is 0 Å². The maximum atomic E-state index is 4.27. The first-order valence-electron chi connectivity index (χ1n) is 7.67. The van der Waals surface area contributed by atoms with Crippen LogP contribution in [0.4, 0.5) is 0 Å². The zero-order valence-electron chi connectivity index (χ0n) is 12.9. The number of halogens is 2. The van der Waals surface area contributed by atoms with E-state index in [1.807, 2.05) is 17.9 Å². The van der Waals surface area contributed by atoms with E-state index in [1.54, 1.807) is 0 Å². The predicted molar refractivity (Wildman–Crippen MR) is 91.4 cm³/mol. The highest BCUT2D eigenvalue weighted by Gasteiger charge is 2.33. The molecular weight excluding hydrogens is 307 g/mol. The van der Waals surface area contributed by atoms with Crippen molar-refractivity contribution in [1.82, 2.24) is 20.0 Å². The molecule has 0 radical (unpaired) electrons. The summed E-state index contributed by atoms with van der Waals surface area (Å²) in [6.45, 7) is 6.01. The van der Waals surface area contributed by atoms with Crippen LogP contribution in [-0.4, -0.2) is 40.9 Å². The number of likely N-dealkylation sites (tertiary alicyclic amines) is 1. The molecule has 2 saturated heterocycles. The number of piperidine rings is 1. The van der Waals surface area contributed by atoms with Crippen molar-refractivity contribution in [1.29, 1.82) is 0 Å². The molecule has 122 valence electrons. The topological polar surface area (TPSA) is 33.1 Å². The summed E-state index contributed by atoms with van der Waals surface area (Å²) >= 11 is 0. The molecule has 1 aromatic heterocycles. The van der Waals surface area contributed by atoms with Crippen LogP contribution in [0.1, 0.15) is 37.8 Å². The smallest absolute Gasteiger partial charge is 0.0521 e. The van der Waals surface area contributed by atoms with Crippen LogP contribution >= 0.6 is 24.8 Å². The summed E-state index contributed by atoms with van der Waals surface area (Å²) < 4.78 is 2.01. The Balaban J connectivity index is 0.00000110. The van der Waals surface area contributed by atoms with Gasteiger partial charge in [-0.3, -0.25) is 9.58 Å². The van der Waals surface area contributed by atoms with Crippen LogP contribution in [0.25, 0.3) is 0 Å². The van der Waals surface area contributed by atoms with Gasteiger partial charge in [-0.2, -0.15) is 5.10 Å². The van der Waals surface area contributed by atoms with Crippen LogP contribution in [0.3, 0.4) is 0 Å². The first-order valence-corrected chi connectivity index (χ1v) is 7.67. The Morgan fingerprint density at radius 3 is 2.57 bits per heavy atom. The standard InChI is InChI=1S/C15H26N4.2ClH/c1-18-14(3-8-17-18)13-19-11-2-4-15(7-12-19)5-9-16-10-6-15;;/h3,8,16H,2,4-7,9-13H2,1H3;2*1H. The predicted octanol–water partition coefficient (Wildman–Crippen LogP) is 2.62. The lowest BCUT2D eigenvalue weighted by atomic mass is 9.73. The summed E-state index contributed by atoms with van der Waals surface area (Å²) in [5.41, 5.74) is 1.98. The van der Waals surface area contributed by atoms with Crippen molar-refractivity contribution in [2.24, 2.45) is 12.5 Å². The van der Waals surface area contributed by atoms with Gasteiger partial charge in [0.1, 0.15) is 0 Å². The molecular formula is C15H28Cl2N4. The third kappa shape index (κ3) is 4.59. The molecule has 0 bridgehead atoms. The van der Waals surface area contributed by atoms with Crippen molar-refractivity contribution in [3.8, 4) is 0 Å². The minimum atomic E-state index is 0. The average Bonchev–Trinajstić information content (AvgIpc) is 2.72. The van der Waals surface area contributed by atoms with E-state index in [0.717, 1.165) is 6.54 Å². The molecule has 0 saturated carbocycles. The number of rotatable bonds is 2. The Kier molecular flexibility index (Phi) is 7.48. The van der Waals surface area contributed by atoms with Gasteiger partial charge >= 0.3 is 0 Å². The monoisotopic (exact) mass is 334 g/mol. The van der Waals surface area contributed by atoms with Gasteiger partial charge in [0, 0.05) is 19.8 Å². The average molecular weight is 335 g/mol. The number of nitrogens with one attached hydrogen (secondary N) is 1. The number of aromatic nitrogens is 2. The summed E-state index contributed by atoms with van der Waals surface area (Å²) in [5, 5.41) is 7.78. The van der Waals surface area contributed by atoms with E-state index < -0.39 is 0 Å².